The first kappa shape index (κ1) is 24.4. The third-order valence-corrected chi connectivity index (χ3v) is 4.50. The smallest absolute Gasteiger partial charge is 0.329 e. The molecule has 0 bridgehead atoms. The van der Waals surface area contributed by atoms with Crippen LogP contribution in [0.25, 0.3) is 0 Å². The molecule has 0 radical (unpaired) electrons. The number of amides is 2. The van der Waals surface area contributed by atoms with Crippen molar-refractivity contribution in [2.24, 2.45) is 5.10 Å². The summed E-state index contributed by atoms with van der Waals surface area (Å²) < 4.78 is 19.1. The number of anilines is 1. The second-order valence-electron chi connectivity index (χ2n) is 6.86. The molecule has 0 aliphatic heterocycles. The first-order chi connectivity index (χ1) is 16.7. The van der Waals surface area contributed by atoms with E-state index in [2.05, 4.69) is 15.8 Å². The van der Waals surface area contributed by atoms with Crippen LogP contribution in [0.1, 0.15) is 12.5 Å². The van der Waals surface area contributed by atoms with Gasteiger partial charge in [0.15, 0.2) is 0 Å². The number of carbonyl (C=O) groups excluding carboxylic acids is 2. The van der Waals surface area contributed by atoms with Gasteiger partial charge in [0.2, 0.25) is 5.75 Å². The third kappa shape index (κ3) is 6.19. The van der Waals surface area contributed by atoms with Gasteiger partial charge < -0.3 is 10.1 Å². The van der Waals surface area contributed by atoms with Crippen LogP contribution in [0.15, 0.2) is 71.8 Å². The average Bonchev–Trinajstić information content (AvgIpc) is 2.84. The molecule has 0 unspecified atom stereocenters. The molecule has 0 spiro atoms. The minimum atomic E-state index is -1.11. The van der Waals surface area contributed by atoms with Crippen molar-refractivity contribution in [3.63, 3.8) is 0 Å². The predicted molar refractivity (Wildman–Crippen MR) is 122 cm³/mol. The van der Waals surface area contributed by atoms with Gasteiger partial charge in [-0.3, -0.25) is 29.8 Å². The predicted octanol–water partition coefficient (Wildman–Crippen LogP) is 3.91. The van der Waals surface area contributed by atoms with Crippen LogP contribution in [0, 0.1) is 26.0 Å². The molecule has 0 fully saturated rings. The van der Waals surface area contributed by atoms with Gasteiger partial charge in [-0.15, -0.1) is 0 Å². The maximum atomic E-state index is 13.6. The highest BCUT2D eigenvalue weighted by molar-refractivity contribution is 6.39. The van der Waals surface area contributed by atoms with Crippen molar-refractivity contribution in [1.29, 1.82) is 0 Å². The summed E-state index contributed by atoms with van der Waals surface area (Å²) in [6, 6.07) is 14.4. The van der Waals surface area contributed by atoms with Crippen LogP contribution in [0.4, 0.5) is 21.5 Å². The zero-order valence-corrected chi connectivity index (χ0v) is 17.9. The highest BCUT2D eigenvalue weighted by Gasteiger charge is 2.21. The van der Waals surface area contributed by atoms with Crippen molar-refractivity contribution in [2.75, 3.05) is 5.32 Å². The molecular weight excluding hydrogens is 465 g/mol. The van der Waals surface area contributed by atoms with Gasteiger partial charge in [0.1, 0.15) is 11.6 Å². The van der Waals surface area contributed by atoms with Crippen LogP contribution in [0.5, 0.6) is 11.5 Å². The van der Waals surface area contributed by atoms with E-state index in [1.54, 1.807) is 6.92 Å². The van der Waals surface area contributed by atoms with Crippen molar-refractivity contribution in [3.05, 3.63) is 98.3 Å². The van der Waals surface area contributed by atoms with E-state index in [1.165, 1.54) is 42.5 Å². The van der Waals surface area contributed by atoms with Crippen molar-refractivity contribution < 1.29 is 28.6 Å². The van der Waals surface area contributed by atoms with Crippen LogP contribution < -0.4 is 15.5 Å². The lowest BCUT2D eigenvalue weighted by molar-refractivity contribution is -0.394. The minimum Gasteiger partial charge on any atom is -0.450 e. The number of para-hydroxylation sites is 1. The lowest BCUT2D eigenvalue weighted by Gasteiger charge is -2.08. The van der Waals surface area contributed by atoms with Crippen LogP contribution in [-0.4, -0.2) is 27.4 Å². The van der Waals surface area contributed by atoms with Crippen LogP contribution in [0.2, 0.25) is 0 Å². The van der Waals surface area contributed by atoms with E-state index in [0.717, 1.165) is 24.3 Å². The zero-order chi connectivity index (χ0) is 25.5. The molecule has 178 valence electrons. The monoisotopic (exact) mass is 481 g/mol. The Morgan fingerprint density at radius 3 is 2.26 bits per heavy atom. The normalized spacial score (nSPS) is 10.9. The molecule has 0 aliphatic carbocycles. The van der Waals surface area contributed by atoms with Crippen LogP contribution in [-0.2, 0) is 9.59 Å². The molecule has 2 N–H and O–H groups in total. The second kappa shape index (κ2) is 10.6. The van der Waals surface area contributed by atoms with E-state index in [4.69, 9.17) is 4.74 Å². The lowest BCUT2D eigenvalue weighted by atomic mass is 10.1. The SMILES string of the molecule is CC(=NNC(=O)C(=O)Nc1ccccc1F)c1ccc(Oc2ccc([N+](=O)[O-])cc2[N+](=O)[O-])cc1. The van der Waals surface area contributed by atoms with E-state index in [9.17, 15) is 34.2 Å². The molecule has 3 aromatic rings. The van der Waals surface area contributed by atoms with Gasteiger partial charge in [-0.25, -0.2) is 9.82 Å². The Hall–Kier alpha value is -5.20. The number of ether oxygens (including phenoxy) is 1. The molecule has 13 heteroatoms. The number of benzene rings is 3. The number of nitrogens with one attached hydrogen (secondary N) is 2. The maximum Gasteiger partial charge on any atom is 0.329 e. The Balaban J connectivity index is 1.66. The number of nitro groups is 2. The third-order valence-electron chi connectivity index (χ3n) is 4.50. The van der Waals surface area contributed by atoms with Gasteiger partial charge in [0.25, 0.3) is 5.69 Å². The van der Waals surface area contributed by atoms with Gasteiger partial charge in [0, 0.05) is 6.07 Å². The van der Waals surface area contributed by atoms with Crippen molar-refractivity contribution in [3.8, 4) is 11.5 Å². The topological polar surface area (TPSA) is 166 Å². The number of halogens is 1. The Bertz CT molecular complexity index is 1340. The van der Waals surface area contributed by atoms with Gasteiger partial charge >= 0.3 is 17.5 Å². The molecule has 0 saturated carbocycles. The van der Waals surface area contributed by atoms with Crippen molar-refractivity contribution in [2.45, 2.75) is 6.92 Å². The number of rotatable bonds is 7. The maximum absolute atomic E-state index is 13.6. The van der Waals surface area contributed by atoms with E-state index >= 15 is 0 Å². The number of hydrazone groups is 1. The lowest BCUT2D eigenvalue weighted by Crippen LogP contribution is -2.33. The highest BCUT2D eigenvalue weighted by Crippen LogP contribution is 2.34. The van der Waals surface area contributed by atoms with E-state index < -0.39 is 38.9 Å². The fourth-order valence-corrected chi connectivity index (χ4v) is 2.73. The first-order valence-electron chi connectivity index (χ1n) is 9.77. The number of non-ortho nitro benzene ring substituents is 1. The summed E-state index contributed by atoms with van der Waals surface area (Å²) in [5.41, 5.74) is 1.72. The quantitative estimate of drug-likeness (QED) is 0.223. The Kier molecular flexibility index (Phi) is 7.41. The number of nitrogens with zero attached hydrogens (tertiary/aromatic N) is 3. The fourth-order valence-electron chi connectivity index (χ4n) is 2.73. The van der Waals surface area contributed by atoms with Crippen LogP contribution >= 0.6 is 0 Å². The molecule has 0 saturated heterocycles. The Labute approximate surface area is 196 Å². The molecule has 35 heavy (non-hydrogen) atoms. The molecule has 0 atom stereocenters. The number of hydrogen-bond donors (Lipinski definition) is 2. The summed E-state index contributed by atoms with van der Waals surface area (Å²) in [5, 5.41) is 28.0. The molecule has 2 amide bonds. The largest absolute Gasteiger partial charge is 0.450 e. The number of carbonyl (C=O) groups is 2. The summed E-state index contributed by atoms with van der Waals surface area (Å²) in [6.07, 6.45) is 0. The van der Waals surface area contributed by atoms with E-state index in [-0.39, 0.29) is 17.2 Å². The molecule has 0 heterocycles. The average molecular weight is 481 g/mol. The van der Waals surface area contributed by atoms with Gasteiger partial charge in [-0.1, -0.05) is 12.1 Å². The molecule has 12 nitrogen and oxygen atoms in total. The summed E-state index contributed by atoms with van der Waals surface area (Å²) >= 11 is 0. The summed E-state index contributed by atoms with van der Waals surface area (Å²) in [4.78, 5) is 44.4. The molecule has 0 aromatic heterocycles. The van der Waals surface area contributed by atoms with Crippen molar-refractivity contribution in [1.82, 2.24) is 5.43 Å². The van der Waals surface area contributed by atoms with Gasteiger partial charge in [-0.2, -0.15) is 5.10 Å². The van der Waals surface area contributed by atoms with Crippen molar-refractivity contribution >= 4 is 34.6 Å². The fraction of sp³-hybridized carbons (Fsp3) is 0.0455. The molecular formula is C22H16FN5O7. The first-order valence-corrected chi connectivity index (χ1v) is 9.77. The Morgan fingerprint density at radius 2 is 1.63 bits per heavy atom. The summed E-state index contributed by atoms with van der Waals surface area (Å²) in [6.45, 7) is 1.55. The standard InChI is InChI=1S/C22H16FN5O7/c1-13(25-26-22(30)21(29)24-18-5-3-2-4-17(18)23)14-6-9-16(10-7-14)35-20-11-8-15(27(31)32)12-19(20)28(33)34/h2-12H,1H3,(H,24,29)(H,26,30). The summed E-state index contributed by atoms with van der Waals surface area (Å²) in [5.74, 6) is -2.91. The summed E-state index contributed by atoms with van der Waals surface area (Å²) in [7, 11) is 0. The molecule has 0 aliphatic rings. The number of nitro benzene ring substituents is 2. The highest BCUT2D eigenvalue weighted by atomic mass is 19.1. The van der Waals surface area contributed by atoms with Crippen LogP contribution in [0.3, 0.4) is 0 Å². The van der Waals surface area contributed by atoms with E-state index in [0.29, 0.717) is 11.3 Å². The Morgan fingerprint density at radius 1 is 0.943 bits per heavy atom. The number of hydrogen-bond acceptors (Lipinski definition) is 8. The minimum absolute atomic E-state index is 0.155. The van der Waals surface area contributed by atoms with Gasteiger partial charge in [0.05, 0.1) is 27.3 Å². The second-order valence-corrected chi connectivity index (χ2v) is 6.86. The van der Waals surface area contributed by atoms with E-state index in [1.807, 2.05) is 0 Å². The molecule has 3 aromatic carbocycles. The molecule has 3 rings (SSSR count). The van der Waals surface area contributed by atoms with Gasteiger partial charge in [-0.05, 0) is 55.0 Å². The zero-order valence-electron chi connectivity index (χ0n) is 17.9.